The fourth-order valence-electron chi connectivity index (χ4n) is 3.56. The van der Waals surface area contributed by atoms with Gasteiger partial charge in [0.15, 0.2) is 5.69 Å². The average Bonchev–Trinajstić information content (AvgIpc) is 3.31. The third-order valence-electron chi connectivity index (χ3n) is 5.08. The van der Waals surface area contributed by atoms with Crippen molar-refractivity contribution in [2.75, 3.05) is 18.6 Å². The Morgan fingerprint density at radius 1 is 1.20 bits per heavy atom. The maximum Gasteiger partial charge on any atom is 0.272 e. The number of carbonyl (C=O) groups excluding carboxylic acids is 2. The van der Waals surface area contributed by atoms with Crippen LogP contribution < -0.4 is 15.0 Å². The highest BCUT2D eigenvalue weighted by atomic mass is 19.1. The topological polar surface area (TPSA) is 76.5 Å². The Kier molecular flexibility index (Phi) is 5.22. The number of aryl methyl sites for hydroxylation is 1. The molecule has 1 saturated heterocycles. The number of hydrogen-bond acceptors (Lipinski definition) is 4. The lowest BCUT2D eigenvalue weighted by atomic mass is 10.1. The summed E-state index contributed by atoms with van der Waals surface area (Å²) in [5, 5.41) is 7.15. The van der Waals surface area contributed by atoms with Gasteiger partial charge in [0, 0.05) is 31.8 Å². The summed E-state index contributed by atoms with van der Waals surface area (Å²) >= 11 is 0. The van der Waals surface area contributed by atoms with Gasteiger partial charge < -0.3 is 15.0 Å². The van der Waals surface area contributed by atoms with Crippen molar-refractivity contribution in [3.05, 3.63) is 66.1 Å². The van der Waals surface area contributed by atoms with Gasteiger partial charge in [-0.05, 0) is 48.0 Å². The summed E-state index contributed by atoms with van der Waals surface area (Å²) in [6, 6.07) is 14.6. The minimum absolute atomic E-state index is 0.0680. The highest BCUT2D eigenvalue weighted by Gasteiger charge is 2.32. The molecule has 0 bridgehead atoms. The lowest BCUT2D eigenvalue weighted by Crippen LogP contribution is -2.37. The summed E-state index contributed by atoms with van der Waals surface area (Å²) in [6.07, 6.45) is 0.209. The number of aromatic nitrogens is 2. The Bertz CT molecular complexity index is 1090. The number of nitrogens with zero attached hydrogens (tertiary/aromatic N) is 3. The first-order valence-corrected chi connectivity index (χ1v) is 9.50. The van der Waals surface area contributed by atoms with Crippen LogP contribution in [0.15, 0.2) is 54.6 Å². The van der Waals surface area contributed by atoms with Crippen LogP contribution in [0.2, 0.25) is 0 Å². The number of carbonyl (C=O) groups is 2. The lowest BCUT2D eigenvalue weighted by Gasteiger charge is -2.17. The number of methoxy groups -OCH3 is 1. The van der Waals surface area contributed by atoms with E-state index >= 15 is 0 Å². The predicted octanol–water partition coefficient (Wildman–Crippen LogP) is 2.77. The van der Waals surface area contributed by atoms with Crippen molar-refractivity contribution < 1.29 is 18.7 Å². The van der Waals surface area contributed by atoms with Gasteiger partial charge in [0.25, 0.3) is 5.91 Å². The normalized spacial score (nSPS) is 16.0. The minimum atomic E-state index is -0.357. The second-order valence-electron chi connectivity index (χ2n) is 7.13. The van der Waals surface area contributed by atoms with Crippen molar-refractivity contribution >= 4 is 17.5 Å². The molecule has 3 aromatic rings. The number of ether oxygens (including phenoxy) is 1. The van der Waals surface area contributed by atoms with E-state index in [1.165, 1.54) is 12.1 Å². The monoisotopic (exact) mass is 408 g/mol. The zero-order valence-corrected chi connectivity index (χ0v) is 16.6. The highest BCUT2D eigenvalue weighted by molar-refractivity contribution is 5.98. The number of rotatable bonds is 5. The summed E-state index contributed by atoms with van der Waals surface area (Å²) in [5.41, 5.74) is 2.42. The zero-order chi connectivity index (χ0) is 21.3. The molecule has 154 valence electrons. The first-order chi connectivity index (χ1) is 14.4. The Hall–Kier alpha value is -3.68. The third kappa shape index (κ3) is 3.89. The summed E-state index contributed by atoms with van der Waals surface area (Å²) in [5.74, 6) is -0.0919. The largest absolute Gasteiger partial charge is 0.497 e. The molecule has 0 spiro atoms. The fourth-order valence-corrected chi connectivity index (χ4v) is 3.56. The first-order valence-electron chi connectivity index (χ1n) is 9.50. The van der Waals surface area contributed by atoms with Gasteiger partial charge in [-0.2, -0.15) is 5.10 Å². The van der Waals surface area contributed by atoms with Crippen molar-refractivity contribution in [2.45, 2.75) is 12.5 Å². The van der Waals surface area contributed by atoms with Gasteiger partial charge in [-0.1, -0.05) is 6.07 Å². The molecule has 1 aliphatic rings. The van der Waals surface area contributed by atoms with E-state index in [4.69, 9.17) is 4.74 Å². The highest BCUT2D eigenvalue weighted by Crippen LogP contribution is 2.26. The second-order valence-corrected chi connectivity index (χ2v) is 7.13. The molecular formula is C22H21FN4O3. The molecule has 1 fully saturated rings. The summed E-state index contributed by atoms with van der Waals surface area (Å²) < 4.78 is 20.0. The molecule has 8 heteroatoms. The SMILES string of the molecule is COc1cccc(N2CC(NC(=O)c3cc(-c4ccc(F)cc4)n(C)n3)CC2=O)c1. The Labute approximate surface area is 173 Å². The number of anilines is 1. The summed E-state index contributed by atoms with van der Waals surface area (Å²) in [4.78, 5) is 26.8. The van der Waals surface area contributed by atoms with E-state index in [1.54, 1.807) is 48.0 Å². The smallest absolute Gasteiger partial charge is 0.272 e. The van der Waals surface area contributed by atoms with E-state index in [0.717, 1.165) is 11.3 Å². The van der Waals surface area contributed by atoms with Crippen LogP contribution in [0.3, 0.4) is 0 Å². The van der Waals surface area contributed by atoms with Crippen LogP contribution in [0.1, 0.15) is 16.9 Å². The zero-order valence-electron chi connectivity index (χ0n) is 16.6. The second kappa shape index (κ2) is 7.98. The molecular weight excluding hydrogens is 387 g/mol. The van der Waals surface area contributed by atoms with Crippen molar-refractivity contribution in [3.8, 4) is 17.0 Å². The summed E-state index contributed by atoms with van der Waals surface area (Å²) in [6.45, 7) is 0.370. The fraction of sp³-hybridized carbons (Fsp3) is 0.227. The van der Waals surface area contributed by atoms with Crippen LogP contribution in [0.25, 0.3) is 11.3 Å². The molecule has 0 aliphatic carbocycles. The van der Waals surface area contributed by atoms with E-state index in [9.17, 15) is 14.0 Å². The number of nitrogens with one attached hydrogen (secondary N) is 1. The van der Waals surface area contributed by atoms with Gasteiger partial charge in [-0.25, -0.2) is 4.39 Å². The Morgan fingerprint density at radius 2 is 1.97 bits per heavy atom. The van der Waals surface area contributed by atoms with Crippen LogP contribution in [-0.4, -0.2) is 41.3 Å². The molecule has 30 heavy (non-hydrogen) atoms. The molecule has 1 N–H and O–H groups in total. The molecule has 1 aliphatic heterocycles. The van der Waals surface area contributed by atoms with Gasteiger partial charge in [-0.3, -0.25) is 14.3 Å². The van der Waals surface area contributed by atoms with Crippen molar-refractivity contribution in [1.29, 1.82) is 0 Å². The number of benzene rings is 2. The van der Waals surface area contributed by atoms with Gasteiger partial charge in [0.05, 0.1) is 18.8 Å². The van der Waals surface area contributed by atoms with E-state index in [0.29, 0.717) is 18.0 Å². The van der Waals surface area contributed by atoms with E-state index in [2.05, 4.69) is 10.4 Å². The first kappa shape index (κ1) is 19.6. The maximum absolute atomic E-state index is 13.2. The molecule has 0 saturated carbocycles. The minimum Gasteiger partial charge on any atom is -0.497 e. The number of halogens is 1. The van der Waals surface area contributed by atoms with Gasteiger partial charge in [0.1, 0.15) is 11.6 Å². The Balaban J connectivity index is 1.46. The molecule has 2 aromatic carbocycles. The molecule has 1 atom stereocenters. The van der Waals surface area contributed by atoms with Gasteiger partial charge in [0.2, 0.25) is 5.91 Å². The van der Waals surface area contributed by atoms with E-state index in [-0.39, 0.29) is 35.8 Å². The molecule has 2 heterocycles. The maximum atomic E-state index is 13.2. The molecule has 7 nitrogen and oxygen atoms in total. The standard InChI is InChI=1S/C22H21FN4O3/c1-26-20(14-6-8-15(23)9-7-14)12-19(25-26)22(29)24-16-10-21(28)27(13-16)17-4-3-5-18(11-17)30-2/h3-9,11-12,16H,10,13H2,1-2H3,(H,24,29). The van der Waals surface area contributed by atoms with Crippen molar-refractivity contribution in [1.82, 2.24) is 15.1 Å². The van der Waals surface area contributed by atoms with Crippen LogP contribution in [0, 0.1) is 5.82 Å². The molecule has 0 radical (unpaired) electrons. The quantitative estimate of drug-likeness (QED) is 0.704. The van der Waals surface area contributed by atoms with Crippen molar-refractivity contribution in [2.24, 2.45) is 7.05 Å². The van der Waals surface area contributed by atoms with Crippen LogP contribution in [0.5, 0.6) is 5.75 Å². The molecule has 4 rings (SSSR count). The van der Waals surface area contributed by atoms with Crippen molar-refractivity contribution in [3.63, 3.8) is 0 Å². The average molecular weight is 408 g/mol. The third-order valence-corrected chi connectivity index (χ3v) is 5.08. The molecule has 2 amide bonds. The molecule has 1 aromatic heterocycles. The van der Waals surface area contributed by atoms with Gasteiger partial charge in [-0.15, -0.1) is 0 Å². The van der Waals surface area contributed by atoms with E-state index in [1.807, 2.05) is 18.2 Å². The number of amides is 2. The molecule has 1 unspecified atom stereocenters. The van der Waals surface area contributed by atoms with Crippen LogP contribution in [0.4, 0.5) is 10.1 Å². The summed E-state index contributed by atoms with van der Waals surface area (Å²) in [7, 11) is 3.29. The van der Waals surface area contributed by atoms with Crippen LogP contribution >= 0.6 is 0 Å². The van der Waals surface area contributed by atoms with E-state index < -0.39 is 0 Å². The van der Waals surface area contributed by atoms with Gasteiger partial charge >= 0.3 is 0 Å². The lowest BCUT2D eigenvalue weighted by molar-refractivity contribution is -0.117. The predicted molar refractivity (Wildman–Crippen MR) is 110 cm³/mol. The van der Waals surface area contributed by atoms with Crippen LogP contribution in [-0.2, 0) is 11.8 Å². The Morgan fingerprint density at radius 3 is 2.70 bits per heavy atom. The number of hydrogen-bond donors (Lipinski definition) is 1.